The van der Waals surface area contributed by atoms with Gasteiger partial charge < -0.3 is 14.7 Å². The second-order valence-corrected chi connectivity index (χ2v) is 7.32. The fourth-order valence-corrected chi connectivity index (χ4v) is 3.49. The number of hydrogen-bond donors (Lipinski definition) is 1. The van der Waals surface area contributed by atoms with Crippen LogP contribution in [0.2, 0.25) is 0 Å². The molecule has 0 amide bonds. The molecule has 3 heterocycles. The lowest BCUT2D eigenvalue weighted by atomic mass is 10.1. The number of hydrogen-bond acceptors (Lipinski definition) is 6. The highest BCUT2D eigenvalue weighted by Gasteiger charge is 2.35. The minimum atomic E-state index is -4.64. The standard InChI is InChI=1S/C22H21F3N4O2/c23-22(24,25)19-11-20(28-21(27-19)15-6-3-9-26-12-15)29(14-17-7-4-10-31-17)13-16-5-1-2-8-18(16)30/h1-3,5-6,8-9,11-12,17,30H,4,7,10,13-14H2. The van der Waals surface area contributed by atoms with Crippen molar-refractivity contribution in [2.24, 2.45) is 0 Å². The van der Waals surface area contributed by atoms with Crippen molar-refractivity contribution in [3.63, 3.8) is 0 Å². The predicted octanol–water partition coefficient (Wildman–Crippen LogP) is 4.45. The second-order valence-electron chi connectivity index (χ2n) is 7.32. The van der Waals surface area contributed by atoms with Gasteiger partial charge in [-0.2, -0.15) is 13.2 Å². The molecule has 1 N–H and O–H groups in total. The molecule has 6 nitrogen and oxygen atoms in total. The lowest BCUT2D eigenvalue weighted by Crippen LogP contribution is -2.33. The Labute approximate surface area is 177 Å². The number of aromatic hydroxyl groups is 1. The molecule has 1 fully saturated rings. The highest BCUT2D eigenvalue weighted by atomic mass is 19.4. The van der Waals surface area contributed by atoms with Crippen LogP contribution >= 0.6 is 0 Å². The molecule has 2 aromatic heterocycles. The molecule has 3 aromatic rings. The Morgan fingerprint density at radius 1 is 1.13 bits per heavy atom. The molecular weight excluding hydrogens is 409 g/mol. The molecule has 0 radical (unpaired) electrons. The van der Waals surface area contributed by atoms with Crippen LogP contribution in [0.3, 0.4) is 0 Å². The Hall–Kier alpha value is -3.20. The van der Waals surface area contributed by atoms with Crippen LogP contribution in [0.4, 0.5) is 19.0 Å². The smallest absolute Gasteiger partial charge is 0.433 e. The molecule has 1 atom stereocenters. The zero-order valence-corrected chi connectivity index (χ0v) is 16.6. The summed E-state index contributed by atoms with van der Waals surface area (Å²) in [5.41, 5.74) is -0.0731. The van der Waals surface area contributed by atoms with Crippen molar-refractivity contribution < 1.29 is 23.0 Å². The summed E-state index contributed by atoms with van der Waals surface area (Å²) in [7, 11) is 0. The zero-order chi connectivity index (χ0) is 21.8. The number of ether oxygens (including phenoxy) is 1. The van der Waals surface area contributed by atoms with Gasteiger partial charge >= 0.3 is 6.18 Å². The highest BCUT2D eigenvalue weighted by Crippen LogP contribution is 2.33. The summed E-state index contributed by atoms with van der Waals surface area (Å²) >= 11 is 0. The number of pyridine rings is 1. The van der Waals surface area contributed by atoms with E-state index >= 15 is 0 Å². The van der Waals surface area contributed by atoms with E-state index in [1.807, 2.05) is 0 Å². The third-order valence-corrected chi connectivity index (χ3v) is 5.05. The van der Waals surface area contributed by atoms with E-state index < -0.39 is 11.9 Å². The van der Waals surface area contributed by atoms with Crippen molar-refractivity contribution >= 4 is 5.82 Å². The van der Waals surface area contributed by atoms with E-state index in [1.54, 1.807) is 41.3 Å². The molecule has 162 valence electrons. The van der Waals surface area contributed by atoms with Gasteiger partial charge in [-0.1, -0.05) is 18.2 Å². The summed E-state index contributed by atoms with van der Waals surface area (Å²) in [6, 6.07) is 10.9. The number of phenols is 1. The van der Waals surface area contributed by atoms with Gasteiger partial charge in [0.25, 0.3) is 0 Å². The Kier molecular flexibility index (Phi) is 6.03. The fourth-order valence-electron chi connectivity index (χ4n) is 3.49. The van der Waals surface area contributed by atoms with Crippen molar-refractivity contribution in [2.45, 2.75) is 31.7 Å². The lowest BCUT2D eigenvalue weighted by molar-refractivity contribution is -0.141. The van der Waals surface area contributed by atoms with Gasteiger partial charge in [-0.25, -0.2) is 9.97 Å². The van der Waals surface area contributed by atoms with Crippen LogP contribution in [-0.2, 0) is 17.5 Å². The van der Waals surface area contributed by atoms with Crippen LogP contribution in [0.1, 0.15) is 24.1 Å². The Morgan fingerprint density at radius 2 is 1.97 bits per heavy atom. The quantitative estimate of drug-likeness (QED) is 0.623. The number of aromatic nitrogens is 3. The van der Waals surface area contributed by atoms with Crippen molar-refractivity contribution in [3.05, 3.63) is 66.1 Å². The number of nitrogens with zero attached hydrogens (tertiary/aromatic N) is 4. The Bertz CT molecular complexity index is 1020. The molecule has 9 heteroatoms. The summed E-state index contributed by atoms with van der Waals surface area (Å²) in [5, 5.41) is 10.2. The number of alkyl halides is 3. The third kappa shape index (κ3) is 5.11. The van der Waals surface area contributed by atoms with Crippen LogP contribution in [0.25, 0.3) is 11.4 Å². The molecule has 0 spiro atoms. The molecule has 1 saturated heterocycles. The first-order valence-electron chi connectivity index (χ1n) is 9.90. The van der Waals surface area contributed by atoms with E-state index in [0.29, 0.717) is 24.3 Å². The first-order chi connectivity index (χ1) is 14.9. The number of para-hydroxylation sites is 1. The van der Waals surface area contributed by atoms with Crippen LogP contribution in [-0.4, -0.2) is 39.3 Å². The number of benzene rings is 1. The van der Waals surface area contributed by atoms with Gasteiger partial charge in [0.1, 0.15) is 11.6 Å². The average molecular weight is 430 g/mol. The van der Waals surface area contributed by atoms with Gasteiger partial charge in [-0.3, -0.25) is 4.98 Å². The Morgan fingerprint density at radius 3 is 2.65 bits per heavy atom. The van der Waals surface area contributed by atoms with Crippen molar-refractivity contribution in [1.82, 2.24) is 15.0 Å². The van der Waals surface area contributed by atoms with Gasteiger partial charge in [0.15, 0.2) is 11.5 Å². The molecule has 1 unspecified atom stereocenters. The molecule has 1 aromatic carbocycles. The second kappa shape index (κ2) is 8.89. The fraction of sp³-hybridized carbons (Fsp3) is 0.318. The van der Waals surface area contributed by atoms with Gasteiger partial charge in [-0.05, 0) is 31.0 Å². The van der Waals surface area contributed by atoms with Gasteiger partial charge in [0.05, 0.1) is 6.10 Å². The predicted molar refractivity (Wildman–Crippen MR) is 108 cm³/mol. The van der Waals surface area contributed by atoms with Crippen LogP contribution < -0.4 is 4.90 Å². The van der Waals surface area contributed by atoms with Gasteiger partial charge in [-0.15, -0.1) is 0 Å². The van der Waals surface area contributed by atoms with E-state index in [9.17, 15) is 18.3 Å². The first-order valence-corrected chi connectivity index (χ1v) is 9.90. The van der Waals surface area contributed by atoms with Gasteiger partial charge in [0, 0.05) is 49.3 Å². The molecule has 0 saturated carbocycles. The number of halogens is 3. The molecule has 4 rings (SSSR count). The largest absolute Gasteiger partial charge is 0.508 e. The average Bonchev–Trinajstić information content (AvgIpc) is 3.28. The Balaban J connectivity index is 1.77. The van der Waals surface area contributed by atoms with E-state index in [0.717, 1.165) is 18.9 Å². The third-order valence-electron chi connectivity index (χ3n) is 5.05. The minimum absolute atomic E-state index is 0.0625. The SMILES string of the molecule is Oc1ccccc1CN(CC1CCCO1)c1cc(C(F)(F)F)nc(-c2cccnc2)n1. The monoisotopic (exact) mass is 430 g/mol. The molecule has 1 aliphatic heterocycles. The number of phenolic OH excluding ortho intramolecular Hbond substituents is 1. The zero-order valence-electron chi connectivity index (χ0n) is 16.6. The first kappa shape index (κ1) is 21.0. The van der Waals surface area contributed by atoms with Crippen LogP contribution in [0, 0.1) is 0 Å². The normalized spacial score (nSPS) is 16.4. The van der Waals surface area contributed by atoms with Crippen LogP contribution in [0.5, 0.6) is 5.75 Å². The van der Waals surface area contributed by atoms with Crippen molar-refractivity contribution in [1.29, 1.82) is 0 Å². The maximum Gasteiger partial charge on any atom is 0.433 e. The summed E-state index contributed by atoms with van der Waals surface area (Å²) in [6.07, 6.45) is -0.111. The summed E-state index contributed by atoms with van der Waals surface area (Å²) in [6.45, 7) is 1.13. The number of rotatable bonds is 6. The van der Waals surface area contributed by atoms with E-state index in [2.05, 4.69) is 15.0 Å². The summed E-state index contributed by atoms with van der Waals surface area (Å²) in [5.74, 6) is 0.116. The highest BCUT2D eigenvalue weighted by molar-refractivity contribution is 5.57. The minimum Gasteiger partial charge on any atom is -0.508 e. The van der Waals surface area contributed by atoms with Gasteiger partial charge in [0.2, 0.25) is 0 Å². The van der Waals surface area contributed by atoms with E-state index in [4.69, 9.17) is 4.74 Å². The summed E-state index contributed by atoms with van der Waals surface area (Å²) in [4.78, 5) is 13.8. The topological polar surface area (TPSA) is 71.4 Å². The van der Waals surface area contributed by atoms with Crippen molar-refractivity contribution in [3.8, 4) is 17.1 Å². The maximum absolute atomic E-state index is 13.6. The molecule has 0 bridgehead atoms. The van der Waals surface area contributed by atoms with E-state index in [1.165, 1.54) is 12.4 Å². The molecule has 0 aliphatic carbocycles. The van der Waals surface area contributed by atoms with E-state index in [-0.39, 0.29) is 30.0 Å². The molecule has 31 heavy (non-hydrogen) atoms. The van der Waals surface area contributed by atoms with Crippen LogP contribution in [0.15, 0.2) is 54.9 Å². The maximum atomic E-state index is 13.6. The molecule has 1 aliphatic rings. The number of anilines is 1. The molecular formula is C22H21F3N4O2. The summed E-state index contributed by atoms with van der Waals surface area (Å²) < 4.78 is 46.6. The lowest BCUT2D eigenvalue weighted by Gasteiger charge is -2.27. The van der Waals surface area contributed by atoms with Crippen molar-refractivity contribution in [2.75, 3.05) is 18.1 Å².